The fraction of sp³-hybridized carbons (Fsp3) is 0.875. The van der Waals surface area contributed by atoms with Gasteiger partial charge in [-0.3, -0.25) is 0 Å². The SMILES string of the molecule is [CH2]CNCCCNC(C)C. The van der Waals surface area contributed by atoms with Gasteiger partial charge in [-0.15, -0.1) is 0 Å². The first-order chi connectivity index (χ1) is 4.77. The van der Waals surface area contributed by atoms with Gasteiger partial charge in [-0.2, -0.15) is 0 Å². The second-order valence-electron chi connectivity index (χ2n) is 2.71. The van der Waals surface area contributed by atoms with Gasteiger partial charge in [-0.25, -0.2) is 0 Å². The van der Waals surface area contributed by atoms with Crippen LogP contribution in [0.15, 0.2) is 0 Å². The van der Waals surface area contributed by atoms with E-state index in [0.29, 0.717) is 6.04 Å². The average molecular weight is 143 g/mol. The van der Waals surface area contributed by atoms with Gasteiger partial charge in [-0.05, 0) is 33.0 Å². The van der Waals surface area contributed by atoms with Gasteiger partial charge in [0.15, 0.2) is 0 Å². The van der Waals surface area contributed by atoms with E-state index in [1.54, 1.807) is 0 Å². The molecule has 2 heteroatoms. The van der Waals surface area contributed by atoms with E-state index < -0.39 is 0 Å². The third kappa shape index (κ3) is 7.92. The molecular weight excluding hydrogens is 124 g/mol. The van der Waals surface area contributed by atoms with Gasteiger partial charge >= 0.3 is 0 Å². The van der Waals surface area contributed by atoms with Crippen molar-refractivity contribution in [1.29, 1.82) is 0 Å². The minimum atomic E-state index is 0.611. The van der Waals surface area contributed by atoms with Crippen LogP contribution in [0.3, 0.4) is 0 Å². The first kappa shape index (κ1) is 9.92. The van der Waals surface area contributed by atoms with Crippen LogP contribution in [-0.4, -0.2) is 25.7 Å². The van der Waals surface area contributed by atoms with Gasteiger partial charge in [-0.1, -0.05) is 13.8 Å². The van der Waals surface area contributed by atoms with Gasteiger partial charge in [0, 0.05) is 6.04 Å². The highest BCUT2D eigenvalue weighted by Crippen LogP contribution is 1.78. The Balaban J connectivity index is 2.77. The number of rotatable bonds is 6. The second-order valence-corrected chi connectivity index (χ2v) is 2.71. The maximum Gasteiger partial charge on any atom is 0.00103 e. The van der Waals surface area contributed by atoms with E-state index >= 15 is 0 Å². The normalized spacial score (nSPS) is 10.8. The molecule has 0 aromatic carbocycles. The lowest BCUT2D eigenvalue weighted by molar-refractivity contribution is 0.556. The van der Waals surface area contributed by atoms with Crippen molar-refractivity contribution in [2.24, 2.45) is 0 Å². The summed E-state index contributed by atoms with van der Waals surface area (Å²) in [5.41, 5.74) is 0. The third-order valence-electron chi connectivity index (χ3n) is 1.26. The summed E-state index contributed by atoms with van der Waals surface area (Å²) in [6, 6.07) is 0.611. The summed E-state index contributed by atoms with van der Waals surface area (Å²) in [4.78, 5) is 0. The van der Waals surface area contributed by atoms with E-state index in [4.69, 9.17) is 0 Å². The van der Waals surface area contributed by atoms with Crippen LogP contribution in [0.5, 0.6) is 0 Å². The summed E-state index contributed by atoms with van der Waals surface area (Å²) in [6.07, 6.45) is 1.19. The smallest absolute Gasteiger partial charge is 0.00103 e. The van der Waals surface area contributed by atoms with Crippen LogP contribution in [0.25, 0.3) is 0 Å². The Morgan fingerprint density at radius 3 is 2.50 bits per heavy atom. The molecule has 2 nitrogen and oxygen atoms in total. The van der Waals surface area contributed by atoms with Crippen molar-refractivity contribution >= 4 is 0 Å². The van der Waals surface area contributed by atoms with E-state index in [1.165, 1.54) is 6.42 Å². The summed E-state index contributed by atoms with van der Waals surface area (Å²) in [5.74, 6) is 0. The Kier molecular flexibility index (Phi) is 6.98. The summed E-state index contributed by atoms with van der Waals surface area (Å²) in [5, 5.41) is 6.51. The van der Waals surface area contributed by atoms with Crippen LogP contribution >= 0.6 is 0 Å². The number of nitrogens with one attached hydrogen (secondary N) is 2. The Labute approximate surface area is 64.4 Å². The Morgan fingerprint density at radius 1 is 1.30 bits per heavy atom. The standard InChI is InChI=1S/C8H19N2/c1-4-9-6-5-7-10-8(2)3/h8-10H,1,4-7H2,2-3H3. The zero-order valence-electron chi connectivity index (χ0n) is 7.11. The van der Waals surface area contributed by atoms with E-state index in [0.717, 1.165) is 19.6 Å². The highest BCUT2D eigenvalue weighted by molar-refractivity contribution is 4.54. The molecule has 2 N–H and O–H groups in total. The maximum absolute atomic E-state index is 3.69. The molecule has 61 valence electrons. The van der Waals surface area contributed by atoms with E-state index in [2.05, 4.69) is 31.4 Å². The molecule has 0 amide bonds. The maximum atomic E-state index is 3.69. The first-order valence-electron chi connectivity index (χ1n) is 4.00. The zero-order chi connectivity index (χ0) is 7.82. The van der Waals surface area contributed by atoms with Gasteiger partial charge in [0.05, 0.1) is 0 Å². The van der Waals surface area contributed by atoms with Crippen LogP contribution < -0.4 is 10.6 Å². The molecule has 0 atom stereocenters. The molecule has 0 bridgehead atoms. The predicted octanol–water partition coefficient (Wildman–Crippen LogP) is 0.798. The minimum Gasteiger partial charge on any atom is -0.317 e. The van der Waals surface area contributed by atoms with Gasteiger partial charge in [0.2, 0.25) is 0 Å². The van der Waals surface area contributed by atoms with Crippen molar-refractivity contribution in [3.8, 4) is 0 Å². The number of hydrogen-bond donors (Lipinski definition) is 2. The quantitative estimate of drug-likeness (QED) is 0.537. The van der Waals surface area contributed by atoms with Gasteiger partial charge < -0.3 is 10.6 Å². The molecule has 0 saturated carbocycles. The van der Waals surface area contributed by atoms with Crippen molar-refractivity contribution in [1.82, 2.24) is 10.6 Å². The molecule has 0 fully saturated rings. The van der Waals surface area contributed by atoms with E-state index in [9.17, 15) is 0 Å². The molecule has 10 heavy (non-hydrogen) atoms. The number of hydrogen-bond acceptors (Lipinski definition) is 2. The molecule has 0 heterocycles. The molecule has 0 unspecified atom stereocenters. The molecule has 0 saturated heterocycles. The Morgan fingerprint density at radius 2 is 2.00 bits per heavy atom. The van der Waals surface area contributed by atoms with E-state index in [1.807, 2.05) is 0 Å². The van der Waals surface area contributed by atoms with Crippen LogP contribution in [-0.2, 0) is 0 Å². The molecular formula is C8H19N2. The Bertz CT molecular complexity index is 62.3. The van der Waals surface area contributed by atoms with Crippen LogP contribution in [0, 0.1) is 6.92 Å². The van der Waals surface area contributed by atoms with Crippen LogP contribution in [0.4, 0.5) is 0 Å². The summed E-state index contributed by atoms with van der Waals surface area (Å²) in [6.45, 7) is 11.0. The monoisotopic (exact) mass is 143 g/mol. The van der Waals surface area contributed by atoms with Crippen molar-refractivity contribution < 1.29 is 0 Å². The fourth-order valence-electron chi connectivity index (χ4n) is 0.729. The predicted molar refractivity (Wildman–Crippen MR) is 46.0 cm³/mol. The highest BCUT2D eigenvalue weighted by atomic mass is 14.9. The molecule has 0 aromatic heterocycles. The summed E-state index contributed by atoms with van der Waals surface area (Å²) in [7, 11) is 0. The lowest BCUT2D eigenvalue weighted by Gasteiger charge is -2.07. The third-order valence-corrected chi connectivity index (χ3v) is 1.26. The van der Waals surface area contributed by atoms with Crippen LogP contribution in [0.1, 0.15) is 20.3 Å². The molecule has 0 rings (SSSR count). The van der Waals surface area contributed by atoms with Crippen LogP contribution in [0.2, 0.25) is 0 Å². The molecule has 0 aromatic rings. The fourth-order valence-corrected chi connectivity index (χ4v) is 0.729. The lowest BCUT2D eigenvalue weighted by atomic mass is 10.3. The largest absolute Gasteiger partial charge is 0.317 e. The molecule has 0 aliphatic rings. The summed E-state index contributed by atoms with van der Waals surface area (Å²) >= 11 is 0. The molecule has 0 spiro atoms. The highest BCUT2D eigenvalue weighted by Gasteiger charge is 1.89. The van der Waals surface area contributed by atoms with Crippen molar-refractivity contribution in [2.75, 3.05) is 19.6 Å². The average Bonchev–Trinajstić information content (AvgIpc) is 1.87. The van der Waals surface area contributed by atoms with Crippen molar-refractivity contribution in [2.45, 2.75) is 26.3 Å². The first-order valence-corrected chi connectivity index (χ1v) is 4.00. The van der Waals surface area contributed by atoms with Crippen molar-refractivity contribution in [3.63, 3.8) is 0 Å². The summed E-state index contributed by atoms with van der Waals surface area (Å²) < 4.78 is 0. The van der Waals surface area contributed by atoms with Crippen molar-refractivity contribution in [3.05, 3.63) is 6.92 Å². The lowest BCUT2D eigenvalue weighted by Crippen LogP contribution is -2.26. The van der Waals surface area contributed by atoms with Gasteiger partial charge in [0.25, 0.3) is 0 Å². The topological polar surface area (TPSA) is 24.1 Å². The molecule has 0 aliphatic heterocycles. The molecule has 1 radical (unpaired) electrons. The second kappa shape index (κ2) is 7.03. The molecule has 0 aliphatic carbocycles. The van der Waals surface area contributed by atoms with E-state index in [-0.39, 0.29) is 0 Å². The van der Waals surface area contributed by atoms with Gasteiger partial charge in [0.1, 0.15) is 0 Å². The zero-order valence-corrected chi connectivity index (χ0v) is 7.11. The Hall–Kier alpha value is -0.0800. The minimum absolute atomic E-state index is 0.611.